The molecule has 29 heavy (non-hydrogen) atoms. The van der Waals surface area contributed by atoms with E-state index >= 15 is 0 Å². The van der Waals surface area contributed by atoms with Crippen molar-refractivity contribution in [2.24, 2.45) is 5.92 Å². The Balaban J connectivity index is 1.59. The normalized spacial score (nSPS) is 13.7. The van der Waals surface area contributed by atoms with Gasteiger partial charge in [-0.25, -0.2) is 15.0 Å². The summed E-state index contributed by atoms with van der Waals surface area (Å²) in [5, 5.41) is 3.09. The van der Waals surface area contributed by atoms with E-state index in [2.05, 4.69) is 31.0 Å². The number of nitrogens with zero attached hydrogens (tertiary/aromatic N) is 3. The summed E-state index contributed by atoms with van der Waals surface area (Å²) in [7, 11) is 0. The van der Waals surface area contributed by atoms with Crippen LogP contribution in [0.15, 0.2) is 35.6 Å². The number of hydrogen-bond donors (Lipinski definition) is 0. The summed E-state index contributed by atoms with van der Waals surface area (Å²) >= 11 is 9.53. The molecule has 0 unspecified atom stereocenters. The van der Waals surface area contributed by atoms with Crippen LogP contribution in [0.2, 0.25) is 5.02 Å². The molecule has 3 nitrogen and oxygen atoms in total. The maximum atomic E-state index is 6.01. The van der Waals surface area contributed by atoms with Crippen molar-refractivity contribution >= 4 is 55.1 Å². The molecule has 3 heterocycles. The van der Waals surface area contributed by atoms with E-state index in [1.165, 1.54) is 38.9 Å². The van der Waals surface area contributed by atoms with Gasteiger partial charge in [0.25, 0.3) is 0 Å². The molecule has 0 bridgehead atoms. The minimum atomic E-state index is 0.615. The molecule has 0 atom stereocenters. The van der Waals surface area contributed by atoms with Gasteiger partial charge >= 0.3 is 0 Å². The first-order chi connectivity index (χ1) is 14.1. The molecule has 5 rings (SSSR count). The Bertz CT molecular complexity index is 1200. The summed E-state index contributed by atoms with van der Waals surface area (Å²) in [6.07, 6.45) is 6.28. The summed E-state index contributed by atoms with van der Waals surface area (Å²) in [4.78, 5) is 15.6. The lowest BCUT2D eigenvalue weighted by Gasteiger charge is -2.11. The van der Waals surface area contributed by atoms with Gasteiger partial charge in [0.1, 0.15) is 16.2 Å². The predicted molar refractivity (Wildman–Crippen MR) is 124 cm³/mol. The number of benzene rings is 1. The minimum Gasteiger partial charge on any atom is -0.242 e. The second-order valence-corrected chi connectivity index (χ2v) is 10.4. The number of halogens is 1. The minimum absolute atomic E-state index is 0.615. The lowest BCUT2D eigenvalue weighted by Crippen LogP contribution is -2.03. The lowest BCUT2D eigenvalue weighted by atomic mass is 9.99. The Morgan fingerprint density at radius 1 is 1.10 bits per heavy atom. The third kappa shape index (κ3) is 3.65. The highest BCUT2D eigenvalue weighted by atomic mass is 35.5. The van der Waals surface area contributed by atoms with Crippen molar-refractivity contribution in [3.63, 3.8) is 0 Å². The number of rotatable bonds is 5. The molecule has 1 aliphatic carbocycles. The zero-order valence-corrected chi connectivity index (χ0v) is 18.9. The van der Waals surface area contributed by atoms with Gasteiger partial charge in [-0.1, -0.05) is 37.6 Å². The first-order valence-corrected chi connectivity index (χ1v) is 12.2. The number of hydrogen-bond acceptors (Lipinski definition) is 5. The van der Waals surface area contributed by atoms with Gasteiger partial charge in [0, 0.05) is 21.9 Å². The molecule has 0 aliphatic heterocycles. The van der Waals surface area contributed by atoms with Crippen LogP contribution in [0.1, 0.15) is 42.7 Å². The monoisotopic (exact) mass is 439 g/mol. The molecule has 0 saturated carbocycles. The number of aromatic nitrogens is 3. The predicted octanol–water partition coefficient (Wildman–Crippen LogP) is 6.87. The molecule has 6 heteroatoms. The van der Waals surface area contributed by atoms with E-state index in [0.717, 1.165) is 45.4 Å². The summed E-state index contributed by atoms with van der Waals surface area (Å²) in [5.74, 6) is 1.48. The third-order valence-corrected chi connectivity index (χ3v) is 7.94. The summed E-state index contributed by atoms with van der Waals surface area (Å²) in [5.41, 5.74) is 6.60. The van der Waals surface area contributed by atoms with Gasteiger partial charge in [-0.15, -0.1) is 23.1 Å². The van der Waals surface area contributed by atoms with Gasteiger partial charge in [0.15, 0.2) is 0 Å². The van der Waals surface area contributed by atoms with Crippen molar-refractivity contribution in [3.05, 3.63) is 58.0 Å². The zero-order chi connectivity index (χ0) is 20.0. The Morgan fingerprint density at radius 3 is 2.69 bits per heavy atom. The smallest absolute Gasteiger partial charge is 0.126 e. The first kappa shape index (κ1) is 19.3. The second-order valence-electron chi connectivity index (χ2n) is 8.02. The van der Waals surface area contributed by atoms with Crippen molar-refractivity contribution in [1.82, 2.24) is 15.0 Å². The van der Waals surface area contributed by atoms with Crippen molar-refractivity contribution in [2.45, 2.75) is 50.3 Å². The van der Waals surface area contributed by atoms with E-state index in [1.807, 2.05) is 12.1 Å². The van der Waals surface area contributed by atoms with Crippen LogP contribution >= 0.6 is 34.7 Å². The largest absolute Gasteiger partial charge is 0.242 e. The molecule has 0 spiro atoms. The molecule has 0 radical (unpaired) electrons. The topological polar surface area (TPSA) is 38.7 Å². The molecular formula is C23H22ClN3S2. The molecular weight excluding hydrogens is 418 g/mol. The number of thiophene rings is 1. The molecule has 0 N–H and O–H groups in total. The Morgan fingerprint density at radius 2 is 1.90 bits per heavy atom. The molecule has 1 aliphatic rings. The number of aryl methyl sites for hydroxylation is 1. The highest BCUT2D eigenvalue weighted by Gasteiger charge is 2.24. The lowest BCUT2D eigenvalue weighted by molar-refractivity contribution is 0.632. The van der Waals surface area contributed by atoms with Crippen LogP contribution in [-0.4, -0.2) is 15.0 Å². The zero-order valence-electron chi connectivity index (χ0n) is 16.5. The molecule has 1 aromatic carbocycles. The highest BCUT2D eigenvalue weighted by Crippen LogP contribution is 2.42. The van der Waals surface area contributed by atoms with Crippen molar-refractivity contribution < 1.29 is 0 Å². The molecule has 148 valence electrons. The quantitative estimate of drug-likeness (QED) is 0.251. The van der Waals surface area contributed by atoms with Crippen molar-refractivity contribution in [2.75, 3.05) is 0 Å². The molecule has 0 amide bonds. The first-order valence-electron chi connectivity index (χ1n) is 10.0. The Hall–Kier alpha value is -1.69. The van der Waals surface area contributed by atoms with E-state index in [9.17, 15) is 0 Å². The van der Waals surface area contributed by atoms with Gasteiger partial charge in [-0.3, -0.25) is 0 Å². The maximum absolute atomic E-state index is 6.01. The molecule has 0 fully saturated rings. The van der Waals surface area contributed by atoms with E-state index in [0.29, 0.717) is 5.92 Å². The van der Waals surface area contributed by atoms with Gasteiger partial charge < -0.3 is 0 Å². The van der Waals surface area contributed by atoms with Crippen LogP contribution in [0, 0.1) is 5.92 Å². The summed E-state index contributed by atoms with van der Waals surface area (Å²) in [6.45, 7) is 4.55. The molecule has 4 aromatic rings. The standard InChI is InChI=1S/C23H22ClN3S2/c1-13(2)10-18-16-4-3-5-17(16)19-20-21(29-22(19)27-18)23(26-12-25-20)28-11-14-6-8-15(24)9-7-14/h6-9,12-13H,3-5,10-11H2,1-2H3. The van der Waals surface area contributed by atoms with E-state index in [1.54, 1.807) is 29.4 Å². The number of thioether (sulfide) groups is 1. The fourth-order valence-corrected chi connectivity index (χ4v) is 6.48. The van der Waals surface area contributed by atoms with Crippen LogP contribution in [0.25, 0.3) is 20.4 Å². The fraction of sp³-hybridized carbons (Fsp3) is 0.348. The Labute approximate surface area is 183 Å². The van der Waals surface area contributed by atoms with Gasteiger partial charge in [0.2, 0.25) is 0 Å². The van der Waals surface area contributed by atoms with E-state index in [4.69, 9.17) is 21.6 Å². The van der Waals surface area contributed by atoms with Crippen molar-refractivity contribution in [3.8, 4) is 0 Å². The SMILES string of the molecule is CC(C)Cc1nc2sc3c(SCc4ccc(Cl)cc4)ncnc3c2c2c1CCC2. The van der Waals surface area contributed by atoms with Gasteiger partial charge in [-0.2, -0.15) is 0 Å². The summed E-state index contributed by atoms with van der Waals surface area (Å²) in [6, 6.07) is 8.03. The van der Waals surface area contributed by atoms with Gasteiger partial charge in [0.05, 0.1) is 10.2 Å². The summed E-state index contributed by atoms with van der Waals surface area (Å²) < 4.78 is 1.17. The van der Waals surface area contributed by atoms with Gasteiger partial charge in [-0.05, 0) is 60.4 Å². The number of fused-ring (bicyclic) bond motifs is 5. The fourth-order valence-electron chi connectivity index (χ4n) is 4.15. The van der Waals surface area contributed by atoms with Crippen LogP contribution in [0.5, 0.6) is 0 Å². The second kappa shape index (κ2) is 7.86. The van der Waals surface area contributed by atoms with Crippen molar-refractivity contribution in [1.29, 1.82) is 0 Å². The maximum Gasteiger partial charge on any atom is 0.126 e. The van der Waals surface area contributed by atoms with Crippen LogP contribution in [-0.2, 0) is 25.0 Å². The highest BCUT2D eigenvalue weighted by molar-refractivity contribution is 7.98. The third-order valence-electron chi connectivity index (χ3n) is 5.42. The van der Waals surface area contributed by atoms with E-state index < -0.39 is 0 Å². The Kier molecular flexibility index (Phi) is 5.23. The van der Waals surface area contributed by atoms with Crippen LogP contribution in [0.3, 0.4) is 0 Å². The molecule has 0 saturated heterocycles. The van der Waals surface area contributed by atoms with E-state index in [-0.39, 0.29) is 0 Å². The van der Waals surface area contributed by atoms with Crippen LogP contribution in [0.4, 0.5) is 0 Å². The average molecular weight is 440 g/mol. The molecule has 3 aromatic heterocycles. The average Bonchev–Trinajstić information content (AvgIpc) is 3.31. The van der Waals surface area contributed by atoms with Crippen LogP contribution < -0.4 is 0 Å². The number of pyridine rings is 1.